The number of carbonyl (C=O) groups is 1. The molecule has 0 aromatic carbocycles. The molecule has 0 saturated carbocycles. The summed E-state index contributed by atoms with van der Waals surface area (Å²) in [6.07, 6.45) is 10.5. The third-order valence-corrected chi connectivity index (χ3v) is 4.90. The third kappa shape index (κ3) is 1.76. The summed E-state index contributed by atoms with van der Waals surface area (Å²) in [5, 5.41) is 0. The van der Waals surface area contributed by atoms with Crippen molar-refractivity contribution in [2.24, 2.45) is 10.9 Å². The quantitative estimate of drug-likeness (QED) is 0.679. The van der Waals surface area contributed by atoms with E-state index in [1.54, 1.807) is 4.57 Å². The Morgan fingerprint density at radius 3 is 3.09 bits per heavy atom. The average Bonchev–Trinajstić information content (AvgIpc) is 2.91. The molecule has 4 heterocycles. The molecule has 23 heavy (non-hydrogen) atoms. The number of allylic oxidation sites excluding steroid dienone is 3. The lowest BCUT2D eigenvalue weighted by Crippen LogP contribution is -2.30. The Hall–Kier alpha value is -2.69. The van der Waals surface area contributed by atoms with Crippen LogP contribution >= 0.6 is 0 Å². The van der Waals surface area contributed by atoms with E-state index in [1.165, 1.54) is 5.57 Å². The van der Waals surface area contributed by atoms with E-state index in [9.17, 15) is 9.59 Å². The molecule has 0 fully saturated rings. The van der Waals surface area contributed by atoms with Crippen molar-refractivity contribution in [2.75, 3.05) is 0 Å². The molecule has 5 heteroatoms. The molecule has 0 radical (unpaired) electrons. The lowest BCUT2D eigenvalue weighted by molar-refractivity contribution is -0.145. The molecule has 5 rings (SSSR count). The van der Waals surface area contributed by atoms with Crippen LogP contribution in [0.2, 0.25) is 0 Å². The first-order valence-corrected chi connectivity index (χ1v) is 7.76. The maximum atomic E-state index is 12.7. The van der Waals surface area contributed by atoms with Gasteiger partial charge in [0.15, 0.2) is 0 Å². The fourth-order valence-electron chi connectivity index (χ4n) is 3.77. The summed E-state index contributed by atoms with van der Waals surface area (Å²) in [6, 6.07) is 1.99. The Morgan fingerprint density at radius 1 is 1.26 bits per heavy atom. The number of fused-ring (bicyclic) bond motifs is 5. The van der Waals surface area contributed by atoms with Gasteiger partial charge in [0.25, 0.3) is 5.56 Å². The van der Waals surface area contributed by atoms with E-state index in [0.717, 1.165) is 17.0 Å². The van der Waals surface area contributed by atoms with Gasteiger partial charge in [0.2, 0.25) is 0 Å². The van der Waals surface area contributed by atoms with Crippen LogP contribution in [-0.2, 0) is 29.1 Å². The Bertz CT molecular complexity index is 930. The van der Waals surface area contributed by atoms with Gasteiger partial charge in [-0.25, -0.2) is 0 Å². The van der Waals surface area contributed by atoms with Gasteiger partial charge in [-0.15, -0.1) is 0 Å². The van der Waals surface area contributed by atoms with Crippen molar-refractivity contribution >= 4 is 11.7 Å². The van der Waals surface area contributed by atoms with Crippen molar-refractivity contribution < 1.29 is 9.53 Å². The SMILES string of the molecule is O=C1Cc2cc3n(c(=O)c2CO1)CC1C=C2C=CC=CC2N=C31. The summed E-state index contributed by atoms with van der Waals surface area (Å²) in [6.45, 7) is 0.696. The summed E-state index contributed by atoms with van der Waals surface area (Å²) >= 11 is 0. The molecule has 1 aromatic heterocycles. The Labute approximate surface area is 132 Å². The predicted octanol–water partition coefficient (Wildman–Crippen LogP) is 1.30. The molecule has 0 N–H and O–H groups in total. The second-order valence-corrected chi connectivity index (χ2v) is 6.26. The molecule has 0 bridgehead atoms. The first kappa shape index (κ1) is 12.8. The molecular formula is C18H14N2O3. The molecule has 2 atom stereocenters. The van der Waals surface area contributed by atoms with Gasteiger partial charge in [-0.1, -0.05) is 30.4 Å². The molecule has 5 nitrogen and oxygen atoms in total. The number of aromatic nitrogens is 1. The van der Waals surface area contributed by atoms with E-state index >= 15 is 0 Å². The highest BCUT2D eigenvalue weighted by atomic mass is 16.5. The van der Waals surface area contributed by atoms with Crippen LogP contribution in [0.4, 0.5) is 0 Å². The minimum absolute atomic E-state index is 0.0360. The fraction of sp³-hybridized carbons (Fsp3) is 0.278. The van der Waals surface area contributed by atoms with Gasteiger partial charge in [-0.2, -0.15) is 0 Å². The number of hydrogen-bond donors (Lipinski definition) is 0. The van der Waals surface area contributed by atoms with E-state index in [0.29, 0.717) is 12.1 Å². The van der Waals surface area contributed by atoms with Gasteiger partial charge < -0.3 is 9.30 Å². The van der Waals surface area contributed by atoms with Gasteiger partial charge in [0, 0.05) is 12.5 Å². The minimum atomic E-state index is -0.274. The molecule has 2 unspecified atom stereocenters. The van der Waals surface area contributed by atoms with Crippen molar-refractivity contribution in [1.29, 1.82) is 0 Å². The molecule has 0 saturated heterocycles. The number of cyclic esters (lactones) is 1. The van der Waals surface area contributed by atoms with Gasteiger partial charge in [0.1, 0.15) is 6.61 Å². The molecular weight excluding hydrogens is 292 g/mol. The topological polar surface area (TPSA) is 60.7 Å². The predicted molar refractivity (Wildman–Crippen MR) is 84.4 cm³/mol. The number of dihydropyridines is 1. The van der Waals surface area contributed by atoms with Crippen molar-refractivity contribution in [1.82, 2.24) is 4.57 Å². The highest BCUT2D eigenvalue weighted by Crippen LogP contribution is 2.32. The number of rotatable bonds is 0. The van der Waals surface area contributed by atoms with E-state index in [4.69, 9.17) is 9.73 Å². The van der Waals surface area contributed by atoms with Crippen LogP contribution in [0.5, 0.6) is 0 Å². The van der Waals surface area contributed by atoms with Crippen molar-refractivity contribution in [3.8, 4) is 0 Å². The number of nitrogens with zero attached hydrogens (tertiary/aromatic N) is 2. The smallest absolute Gasteiger partial charge is 0.310 e. The number of esters is 1. The van der Waals surface area contributed by atoms with Crippen LogP contribution in [-0.4, -0.2) is 22.3 Å². The summed E-state index contributed by atoms with van der Waals surface area (Å²) in [5.41, 5.74) is 4.34. The molecule has 114 valence electrons. The second-order valence-electron chi connectivity index (χ2n) is 6.26. The number of carbonyl (C=O) groups excluding carboxylic acids is 1. The van der Waals surface area contributed by atoms with Gasteiger partial charge in [0.05, 0.1) is 29.4 Å². The highest BCUT2D eigenvalue weighted by molar-refractivity contribution is 6.05. The van der Waals surface area contributed by atoms with Gasteiger partial charge in [-0.05, 0) is 17.2 Å². The number of hydrogen-bond acceptors (Lipinski definition) is 4. The average molecular weight is 306 g/mol. The van der Waals surface area contributed by atoms with Crippen LogP contribution in [0.3, 0.4) is 0 Å². The van der Waals surface area contributed by atoms with Crippen LogP contribution < -0.4 is 5.56 Å². The summed E-state index contributed by atoms with van der Waals surface area (Å²) in [7, 11) is 0. The lowest BCUT2D eigenvalue weighted by Gasteiger charge is -2.22. The third-order valence-electron chi connectivity index (χ3n) is 4.90. The highest BCUT2D eigenvalue weighted by Gasteiger charge is 2.35. The maximum Gasteiger partial charge on any atom is 0.310 e. The van der Waals surface area contributed by atoms with Crippen LogP contribution in [0.1, 0.15) is 16.8 Å². The number of pyridine rings is 1. The minimum Gasteiger partial charge on any atom is -0.460 e. The maximum absolute atomic E-state index is 12.7. The largest absolute Gasteiger partial charge is 0.460 e. The molecule has 1 aromatic rings. The van der Waals surface area contributed by atoms with Crippen molar-refractivity contribution in [3.63, 3.8) is 0 Å². The lowest BCUT2D eigenvalue weighted by atomic mass is 9.90. The van der Waals surface area contributed by atoms with Gasteiger partial charge >= 0.3 is 5.97 Å². The fourth-order valence-corrected chi connectivity index (χ4v) is 3.77. The van der Waals surface area contributed by atoms with Crippen molar-refractivity contribution in [3.05, 3.63) is 69.2 Å². The van der Waals surface area contributed by atoms with Crippen LogP contribution in [0, 0.1) is 5.92 Å². The van der Waals surface area contributed by atoms with Crippen LogP contribution in [0.15, 0.2) is 51.8 Å². The number of aliphatic imine (C=N–C) groups is 1. The molecule has 0 spiro atoms. The van der Waals surface area contributed by atoms with Gasteiger partial charge in [-0.3, -0.25) is 14.6 Å². The monoisotopic (exact) mass is 306 g/mol. The Kier molecular flexibility index (Phi) is 2.46. The van der Waals surface area contributed by atoms with Crippen LogP contribution in [0.25, 0.3) is 0 Å². The zero-order valence-electron chi connectivity index (χ0n) is 12.4. The Balaban J connectivity index is 1.68. The Morgan fingerprint density at radius 2 is 2.17 bits per heavy atom. The zero-order chi connectivity index (χ0) is 15.6. The van der Waals surface area contributed by atoms with E-state index in [2.05, 4.69) is 18.2 Å². The molecule has 1 aliphatic carbocycles. The standard InChI is InChI=1S/C18H14N2O3/c21-16-7-11-6-15-17-12(5-10-3-1-2-4-14(10)19-17)8-20(15)18(22)13(11)9-23-16/h1-6,12,14H,7-9H2. The summed E-state index contributed by atoms with van der Waals surface area (Å²) in [4.78, 5) is 29.1. The first-order valence-electron chi connectivity index (χ1n) is 7.76. The van der Waals surface area contributed by atoms with Crippen molar-refractivity contribution in [2.45, 2.75) is 25.6 Å². The zero-order valence-corrected chi connectivity index (χ0v) is 12.4. The summed E-state index contributed by atoms with van der Waals surface area (Å²) in [5.74, 6) is -0.143. The van der Waals surface area contributed by atoms with E-state index in [1.807, 2.05) is 18.2 Å². The van der Waals surface area contributed by atoms with E-state index in [-0.39, 0.29) is 36.5 Å². The number of ether oxygens (including phenoxy) is 1. The molecule has 0 amide bonds. The molecule has 4 aliphatic rings. The second kappa shape index (κ2) is 4.41. The summed E-state index contributed by atoms with van der Waals surface area (Å²) < 4.78 is 6.81. The molecule has 3 aliphatic heterocycles. The van der Waals surface area contributed by atoms with E-state index < -0.39 is 0 Å². The normalized spacial score (nSPS) is 26.5. The first-order chi connectivity index (χ1) is 11.2.